The van der Waals surface area contributed by atoms with Gasteiger partial charge in [0, 0.05) is 18.8 Å². The van der Waals surface area contributed by atoms with Crippen LogP contribution in [-0.2, 0) is 11.3 Å². The fourth-order valence-electron chi connectivity index (χ4n) is 3.27. The molecule has 3 heteroatoms. The van der Waals surface area contributed by atoms with Crippen LogP contribution < -0.4 is 5.32 Å². The average molecular weight is 308 g/mol. The molecule has 1 saturated heterocycles. The smallest absolute Gasteiger partial charge is 0.228 e. The minimum atomic E-state index is 0.0812. The minimum absolute atomic E-state index is 0.0812. The highest BCUT2D eigenvalue weighted by atomic mass is 16.1. The number of benzene rings is 2. The highest BCUT2D eigenvalue weighted by Gasteiger charge is 2.28. The lowest BCUT2D eigenvalue weighted by Gasteiger charge is -2.17. The normalized spacial score (nSPS) is 18.1. The fraction of sp³-hybridized carbons (Fsp3) is 0.350. The molecule has 0 aliphatic carbocycles. The second-order valence-corrected chi connectivity index (χ2v) is 6.46. The van der Waals surface area contributed by atoms with Crippen molar-refractivity contribution in [1.82, 2.24) is 4.90 Å². The molecular weight excluding hydrogens is 284 g/mol. The number of carbonyl (C=O) groups is 1. The summed E-state index contributed by atoms with van der Waals surface area (Å²) in [4.78, 5) is 14.9. The average Bonchev–Trinajstić information content (AvgIpc) is 3.00. The lowest BCUT2D eigenvalue weighted by Crippen LogP contribution is -2.27. The van der Waals surface area contributed by atoms with Gasteiger partial charge in [0.25, 0.3) is 0 Å². The number of hydrogen-bond donors (Lipinski definition) is 1. The maximum Gasteiger partial charge on any atom is 0.228 e. The monoisotopic (exact) mass is 308 g/mol. The number of rotatable bonds is 4. The highest BCUT2D eigenvalue weighted by molar-refractivity contribution is 5.94. The zero-order chi connectivity index (χ0) is 16.2. The van der Waals surface area contributed by atoms with Crippen molar-refractivity contribution in [1.29, 1.82) is 0 Å². The fourth-order valence-corrected chi connectivity index (χ4v) is 3.27. The summed E-state index contributed by atoms with van der Waals surface area (Å²) in [6, 6.07) is 16.6. The number of carbonyl (C=O) groups excluding carboxylic acids is 1. The molecule has 0 radical (unpaired) electrons. The quantitative estimate of drug-likeness (QED) is 0.932. The van der Waals surface area contributed by atoms with Crippen molar-refractivity contribution in [2.45, 2.75) is 26.8 Å². The summed E-state index contributed by atoms with van der Waals surface area (Å²) in [5.74, 6) is 0.232. The van der Waals surface area contributed by atoms with Crippen LogP contribution >= 0.6 is 0 Å². The van der Waals surface area contributed by atoms with E-state index >= 15 is 0 Å². The van der Waals surface area contributed by atoms with Gasteiger partial charge >= 0.3 is 0 Å². The number of aryl methyl sites for hydroxylation is 2. The van der Waals surface area contributed by atoms with Gasteiger partial charge in [0.05, 0.1) is 5.92 Å². The van der Waals surface area contributed by atoms with E-state index in [0.29, 0.717) is 0 Å². The van der Waals surface area contributed by atoms with Gasteiger partial charge in [0.2, 0.25) is 5.91 Å². The van der Waals surface area contributed by atoms with Crippen molar-refractivity contribution in [2.75, 3.05) is 18.4 Å². The van der Waals surface area contributed by atoms with Crippen LogP contribution in [0.25, 0.3) is 0 Å². The van der Waals surface area contributed by atoms with Gasteiger partial charge in [-0.2, -0.15) is 0 Å². The predicted molar refractivity (Wildman–Crippen MR) is 94.4 cm³/mol. The summed E-state index contributed by atoms with van der Waals surface area (Å²) >= 11 is 0. The Bertz CT molecular complexity index is 661. The van der Waals surface area contributed by atoms with Crippen LogP contribution in [0.15, 0.2) is 48.5 Å². The Morgan fingerprint density at radius 3 is 2.48 bits per heavy atom. The largest absolute Gasteiger partial charge is 0.325 e. The van der Waals surface area contributed by atoms with E-state index in [1.807, 2.05) is 38.1 Å². The summed E-state index contributed by atoms with van der Waals surface area (Å²) < 4.78 is 0. The van der Waals surface area contributed by atoms with Crippen molar-refractivity contribution in [3.63, 3.8) is 0 Å². The van der Waals surface area contributed by atoms with Crippen LogP contribution in [0.1, 0.15) is 23.1 Å². The van der Waals surface area contributed by atoms with Crippen molar-refractivity contribution in [3.8, 4) is 0 Å². The van der Waals surface area contributed by atoms with Crippen LogP contribution in [0.3, 0.4) is 0 Å². The summed E-state index contributed by atoms with van der Waals surface area (Å²) in [6.45, 7) is 6.83. The van der Waals surface area contributed by atoms with Gasteiger partial charge in [-0.25, -0.2) is 0 Å². The number of anilines is 1. The molecule has 23 heavy (non-hydrogen) atoms. The van der Waals surface area contributed by atoms with Gasteiger partial charge in [-0.3, -0.25) is 9.69 Å². The predicted octanol–water partition coefficient (Wildman–Crippen LogP) is 3.76. The van der Waals surface area contributed by atoms with E-state index in [9.17, 15) is 4.79 Å². The summed E-state index contributed by atoms with van der Waals surface area (Å²) in [5.41, 5.74) is 4.53. The number of nitrogens with one attached hydrogen (secondary N) is 1. The molecule has 3 rings (SSSR count). The molecule has 0 bridgehead atoms. The van der Waals surface area contributed by atoms with Gasteiger partial charge in [0.1, 0.15) is 0 Å². The number of likely N-dealkylation sites (tertiary alicyclic amines) is 1. The molecule has 1 amide bonds. The molecule has 0 spiro atoms. The number of para-hydroxylation sites is 1. The summed E-state index contributed by atoms with van der Waals surface area (Å²) in [7, 11) is 0. The Balaban J connectivity index is 1.59. The Morgan fingerprint density at radius 1 is 1.09 bits per heavy atom. The van der Waals surface area contributed by atoms with Crippen molar-refractivity contribution in [2.24, 2.45) is 5.92 Å². The van der Waals surface area contributed by atoms with Crippen LogP contribution in [0.2, 0.25) is 0 Å². The Labute approximate surface area is 138 Å². The lowest BCUT2D eigenvalue weighted by atomic mass is 10.1. The van der Waals surface area contributed by atoms with E-state index in [1.54, 1.807) is 0 Å². The molecule has 0 unspecified atom stereocenters. The minimum Gasteiger partial charge on any atom is -0.325 e. The van der Waals surface area contributed by atoms with Crippen LogP contribution in [0.4, 0.5) is 5.69 Å². The maximum absolute atomic E-state index is 12.6. The van der Waals surface area contributed by atoms with E-state index in [0.717, 1.165) is 42.9 Å². The molecule has 0 saturated carbocycles. The highest BCUT2D eigenvalue weighted by Crippen LogP contribution is 2.24. The number of hydrogen-bond acceptors (Lipinski definition) is 2. The first kappa shape index (κ1) is 15.8. The molecule has 1 N–H and O–H groups in total. The molecule has 2 aromatic rings. The first-order valence-corrected chi connectivity index (χ1v) is 8.27. The number of amides is 1. The van der Waals surface area contributed by atoms with Crippen molar-refractivity contribution >= 4 is 11.6 Å². The molecule has 1 aliphatic heterocycles. The molecule has 120 valence electrons. The lowest BCUT2D eigenvalue weighted by molar-refractivity contribution is -0.119. The molecule has 2 aromatic carbocycles. The number of nitrogens with zero attached hydrogens (tertiary/aromatic N) is 1. The third-order valence-electron chi connectivity index (χ3n) is 4.62. The molecule has 1 fully saturated rings. The van der Waals surface area contributed by atoms with Crippen LogP contribution in [0.5, 0.6) is 0 Å². The zero-order valence-corrected chi connectivity index (χ0v) is 13.9. The zero-order valence-electron chi connectivity index (χ0n) is 13.9. The van der Waals surface area contributed by atoms with Crippen molar-refractivity contribution in [3.05, 3.63) is 65.2 Å². The third-order valence-corrected chi connectivity index (χ3v) is 4.62. The van der Waals surface area contributed by atoms with E-state index in [4.69, 9.17) is 0 Å². The van der Waals surface area contributed by atoms with Gasteiger partial charge in [-0.05, 0) is 43.5 Å². The molecule has 0 aromatic heterocycles. The van der Waals surface area contributed by atoms with E-state index in [1.165, 1.54) is 5.56 Å². The Hall–Kier alpha value is -2.13. The molecular formula is C20H24N2O. The van der Waals surface area contributed by atoms with Gasteiger partial charge in [-0.1, -0.05) is 48.5 Å². The third kappa shape index (κ3) is 3.80. The molecule has 1 atom stereocenters. The molecule has 3 nitrogen and oxygen atoms in total. The van der Waals surface area contributed by atoms with Crippen molar-refractivity contribution < 1.29 is 4.79 Å². The van der Waals surface area contributed by atoms with Crippen LogP contribution in [-0.4, -0.2) is 23.9 Å². The topological polar surface area (TPSA) is 32.3 Å². The van der Waals surface area contributed by atoms with Gasteiger partial charge in [-0.15, -0.1) is 0 Å². The van der Waals surface area contributed by atoms with E-state index < -0.39 is 0 Å². The second kappa shape index (κ2) is 6.97. The first-order valence-electron chi connectivity index (χ1n) is 8.27. The van der Waals surface area contributed by atoms with Crippen LogP contribution in [0, 0.1) is 19.8 Å². The maximum atomic E-state index is 12.6. The summed E-state index contributed by atoms with van der Waals surface area (Å²) in [6.07, 6.45) is 0.934. The van der Waals surface area contributed by atoms with E-state index in [-0.39, 0.29) is 11.8 Å². The Morgan fingerprint density at radius 2 is 1.78 bits per heavy atom. The van der Waals surface area contributed by atoms with Gasteiger partial charge < -0.3 is 5.32 Å². The molecule has 1 aliphatic rings. The van der Waals surface area contributed by atoms with Gasteiger partial charge in [0.15, 0.2) is 0 Å². The Kier molecular flexibility index (Phi) is 4.77. The molecule has 1 heterocycles. The second-order valence-electron chi connectivity index (χ2n) is 6.46. The van der Waals surface area contributed by atoms with E-state index in [2.05, 4.69) is 34.5 Å². The SMILES string of the molecule is Cc1cccc(C)c1NC(=O)[C@@H]1CCN(Cc2ccccc2)C1. The first-order chi connectivity index (χ1) is 11.1. The standard InChI is InChI=1S/C20H24N2O/c1-15-7-6-8-16(2)19(15)21-20(23)18-11-12-22(14-18)13-17-9-4-3-5-10-17/h3-10,18H,11-14H2,1-2H3,(H,21,23)/t18-/m1/s1. The summed E-state index contributed by atoms with van der Waals surface area (Å²) in [5, 5.41) is 3.14.